The topological polar surface area (TPSA) is 53.3 Å². The fourth-order valence-corrected chi connectivity index (χ4v) is 1.67. The highest BCUT2D eigenvalue weighted by molar-refractivity contribution is 5.94. The molecule has 4 nitrogen and oxygen atoms in total. The molecule has 1 aromatic rings. The zero-order chi connectivity index (χ0) is 13.5. The van der Waals surface area contributed by atoms with Crippen LogP contribution >= 0.6 is 0 Å². The van der Waals surface area contributed by atoms with Crippen LogP contribution in [0.3, 0.4) is 0 Å². The molecule has 0 saturated carbocycles. The van der Waals surface area contributed by atoms with E-state index in [0.717, 1.165) is 0 Å². The predicted molar refractivity (Wildman–Crippen MR) is 69.3 cm³/mol. The summed E-state index contributed by atoms with van der Waals surface area (Å²) in [5, 5.41) is 8.81. The van der Waals surface area contributed by atoms with Crippen molar-refractivity contribution in [3.05, 3.63) is 29.8 Å². The summed E-state index contributed by atoms with van der Waals surface area (Å²) in [6.07, 6.45) is 0. The second kappa shape index (κ2) is 6.65. The third kappa shape index (κ3) is 3.49. The molecule has 1 aromatic carbocycles. The van der Waals surface area contributed by atoms with E-state index in [2.05, 4.69) is 6.07 Å². The lowest BCUT2D eigenvalue weighted by Crippen LogP contribution is -2.34. The number of hydrogen-bond donors (Lipinski definition) is 0. The Kier molecular flexibility index (Phi) is 5.19. The van der Waals surface area contributed by atoms with Gasteiger partial charge in [-0.15, -0.1) is 0 Å². The molecule has 0 aliphatic rings. The Morgan fingerprint density at radius 1 is 1.56 bits per heavy atom. The number of rotatable bonds is 5. The maximum Gasteiger partial charge on any atom is 0.254 e. The first-order valence-electron chi connectivity index (χ1n) is 5.95. The molecule has 4 heteroatoms. The van der Waals surface area contributed by atoms with Crippen LogP contribution in [0.4, 0.5) is 0 Å². The Morgan fingerprint density at radius 3 is 2.83 bits per heavy atom. The molecule has 0 radical (unpaired) electrons. The van der Waals surface area contributed by atoms with Crippen LogP contribution in [0.2, 0.25) is 0 Å². The standard InChI is InChI=1S/C14H18N2O2/c1-4-16(10-11(2)9-15)14(17)12-6-5-7-13(8-12)18-3/h5-8,11H,4,10H2,1-3H3. The molecule has 1 unspecified atom stereocenters. The molecular formula is C14H18N2O2. The van der Waals surface area contributed by atoms with Crippen molar-refractivity contribution in [3.63, 3.8) is 0 Å². The van der Waals surface area contributed by atoms with Gasteiger partial charge in [0, 0.05) is 18.7 Å². The third-order valence-electron chi connectivity index (χ3n) is 2.70. The first kappa shape index (κ1) is 14.0. The maximum atomic E-state index is 12.3. The van der Waals surface area contributed by atoms with Gasteiger partial charge in [0.05, 0.1) is 19.1 Å². The van der Waals surface area contributed by atoms with Crippen LogP contribution in [0, 0.1) is 17.2 Å². The summed E-state index contributed by atoms with van der Waals surface area (Å²) in [5.41, 5.74) is 0.585. The smallest absolute Gasteiger partial charge is 0.254 e. The van der Waals surface area contributed by atoms with Gasteiger partial charge in [0.25, 0.3) is 5.91 Å². The number of amides is 1. The zero-order valence-corrected chi connectivity index (χ0v) is 11.0. The highest BCUT2D eigenvalue weighted by Crippen LogP contribution is 2.15. The summed E-state index contributed by atoms with van der Waals surface area (Å²) in [6, 6.07) is 9.19. The van der Waals surface area contributed by atoms with Crippen LogP contribution in [0.25, 0.3) is 0 Å². The number of benzene rings is 1. The summed E-state index contributed by atoms with van der Waals surface area (Å²) in [4.78, 5) is 13.9. The van der Waals surface area contributed by atoms with Crippen LogP contribution in [-0.2, 0) is 0 Å². The summed E-state index contributed by atoms with van der Waals surface area (Å²) < 4.78 is 5.10. The second-order valence-electron chi connectivity index (χ2n) is 4.11. The zero-order valence-electron chi connectivity index (χ0n) is 11.0. The molecule has 0 spiro atoms. The van der Waals surface area contributed by atoms with E-state index < -0.39 is 0 Å². The summed E-state index contributed by atoms with van der Waals surface area (Å²) in [6.45, 7) is 4.74. The van der Waals surface area contributed by atoms with Crippen molar-refractivity contribution in [3.8, 4) is 11.8 Å². The van der Waals surface area contributed by atoms with Crippen molar-refractivity contribution in [2.24, 2.45) is 5.92 Å². The maximum absolute atomic E-state index is 12.3. The quantitative estimate of drug-likeness (QED) is 0.801. The van der Waals surface area contributed by atoms with Crippen molar-refractivity contribution in [2.75, 3.05) is 20.2 Å². The lowest BCUT2D eigenvalue weighted by atomic mass is 10.1. The average Bonchev–Trinajstić information content (AvgIpc) is 2.43. The number of methoxy groups -OCH3 is 1. The molecule has 18 heavy (non-hydrogen) atoms. The molecule has 1 rings (SSSR count). The fraction of sp³-hybridized carbons (Fsp3) is 0.429. The Labute approximate surface area is 108 Å². The van der Waals surface area contributed by atoms with Gasteiger partial charge in [0.1, 0.15) is 5.75 Å². The number of nitriles is 1. The second-order valence-corrected chi connectivity index (χ2v) is 4.11. The lowest BCUT2D eigenvalue weighted by Gasteiger charge is -2.22. The van der Waals surface area contributed by atoms with Crippen molar-refractivity contribution in [1.29, 1.82) is 5.26 Å². The van der Waals surface area contributed by atoms with Crippen LogP contribution in [0.15, 0.2) is 24.3 Å². The number of carbonyl (C=O) groups excluding carboxylic acids is 1. The Morgan fingerprint density at radius 2 is 2.28 bits per heavy atom. The van der Waals surface area contributed by atoms with E-state index in [4.69, 9.17) is 10.00 Å². The Balaban J connectivity index is 2.86. The van der Waals surface area contributed by atoms with Gasteiger partial charge in [-0.25, -0.2) is 0 Å². The predicted octanol–water partition coefficient (Wildman–Crippen LogP) is 2.32. The SMILES string of the molecule is CCN(CC(C)C#N)C(=O)c1cccc(OC)c1. The first-order chi connectivity index (χ1) is 8.62. The molecule has 0 N–H and O–H groups in total. The van der Waals surface area contributed by atoms with Gasteiger partial charge in [-0.2, -0.15) is 5.26 Å². The molecule has 0 aromatic heterocycles. The minimum atomic E-state index is -0.167. The van der Waals surface area contributed by atoms with Gasteiger partial charge in [-0.1, -0.05) is 6.07 Å². The van der Waals surface area contributed by atoms with Gasteiger partial charge in [0.2, 0.25) is 0 Å². The third-order valence-corrected chi connectivity index (χ3v) is 2.70. The van der Waals surface area contributed by atoms with Gasteiger partial charge in [-0.3, -0.25) is 4.79 Å². The average molecular weight is 246 g/mol. The number of hydrogen-bond acceptors (Lipinski definition) is 3. The van der Waals surface area contributed by atoms with Crippen LogP contribution in [0.5, 0.6) is 5.75 Å². The minimum absolute atomic E-state index is 0.0708. The molecule has 0 fully saturated rings. The van der Waals surface area contributed by atoms with E-state index in [9.17, 15) is 4.79 Å². The monoisotopic (exact) mass is 246 g/mol. The van der Waals surface area contributed by atoms with Gasteiger partial charge in [-0.05, 0) is 32.0 Å². The van der Waals surface area contributed by atoms with Gasteiger partial charge < -0.3 is 9.64 Å². The van der Waals surface area contributed by atoms with Crippen LogP contribution < -0.4 is 4.74 Å². The molecular weight excluding hydrogens is 228 g/mol. The van der Waals surface area contributed by atoms with Crippen molar-refractivity contribution in [1.82, 2.24) is 4.90 Å². The number of nitrogens with zero attached hydrogens (tertiary/aromatic N) is 2. The van der Waals surface area contributed by atoms with E-state index in [0.29, 0.717) is 24.4 Å². The van der Waals surface area contributed by atoms with E-state index in [1.54, 1.807) is 36.3 Å². The molecule has 0 bridgehead atoms. The van der Waals surface area contributed by atoms with Gasteiger partial charge in [0.15, 0.2) is 0 Å². The van der Waals surface area contributed by atoms with Crippen molar-refractivity contribution in [2.45, 2.75) is 13.8 Å². The van der Waals surface area contributed by atoms with Crippen molar-refractivity contribution < 1.29 is 9.53 Å². The summed E-state index contributed by atoms with van der Waals surface area (Å²) >= 11 is 0. The number of ether oxygens (including phenoxy) is 1. The molecule has 1 amide bonds. The molecule has 96 valence electrons. The Hall–Kier alpha value is -2.02. The Bertz CT molecular complexity index is 451. The highest BCUT2D eigenvalue weighted by atomic mass is 16.5. The summed E-state index contributed by atoms with van der Waals surface area (Å²) in [5.74, 6) is 0.420. The molecule has 0 heterocycles. The van der Waals surface area contributed by atoms with E-state index in [1.165, 1.54) is 0 Å². The molecule has 1 atom stereocenters. The van der Waals surface area contributed by atoms with E-state index in [1.807, 2.05) is 13.8 Å². The van der Waals surface area contributed by atoms with Crippen LogP contribution in [0.1, 0.15) is 24.2 Å². The molecule has 0 saturated heterocycles. The normalized spacial score (nSPS) is 11.4. The largest absolute Gasteiger partial charge is 0.497 e. The van der Waals surface area contributed by atoms with Crippen molar-refractivity contribution >= 4 is 5.91 Å². The van der Waals surface area contributed by atoms with Crippen LogP contribution in [-0.4, -0.2) is 31.0 Å². The minimum Gasteiger partial charge on any atom is -0.497 e. The number of carbonyl (C=O) groups is 1. The molecule has 0 aliphatic heterocycles. The van der Waals surface area contributed by atoms with Gasteiger partial charge >= 0.3 is 0 Å². The fourth-order valence-electron chi connectivity index (χ4n) is 1.67. The first-order valence-corrected chi connectivity index (χ1v) is 5.95. The van der Waals surface area contributed by atoms with E-state index >= 15 is 0 Å². The lowest BCUT2D eigenvalue weighted by molar-refractivity contribution is 0.0752. The highest BCUT2D eigenvalue weighted by Gasteiger charge is 2.16. The van der Waals surface area contributed by atoms with E-state index in [-0.39, 0.29) is 11.8 Å². The summed E-state index contributed by atoms with van der Waals surface area (Å²) in [7, 11) is 1.57. The molecule has 0 aliphatic carbocycles.